The predicted octanol–water partition coefficient (Wildman–Crippen LogP) is 1.48. The first-order valence-electron chi connectivity index (χ1n) is 7.98. The van der Waals surface area contributed by atoms with Crippen LogP contribution in [0, 0.1) is 6.92 Å². The molecule has 7 heteroatoms. The molecular weight excluding hydrogens is 312 g/mol. The number of nitrogens with one attached hydrogen (secondary N) is 1. The number of nitrogens with zero attached hydrogens (tertiary/aromatic N) is 1. The summed E-state index contributed by atoms with van der Waals surface area (Å²) in [5.41, 5.74) is 1.62. The lowest BCUT2D eigenvalue weighted by molar-refractivity contribution is -0.142. The van der Waals surface area contributed by atoms with Gasteiger partial charge in [0.1, 0.15) is 11.8 Å². The second-order valence-corrected chi connectivity index (χ2v) is 5.80. The van der Waals surface area contributed by atoms with Crippen LogP contribution >= 0.6 is 0 Å². The van der Waals surface area contributed by atoms with Crippen LogP contribution in [-0.2, 0) is 14.4 Å². The number of carbonyl (C=O) groups excluding carboxylic acids is 2. The van der Waals surface area contributed by atoms with Crippen LogP contribution in [0.5, 0.6) is 5.75 Å². The van der Waals surface area contributed by atoms with Gasteiger partial charge in [-0.25, -0.2) is 4.79 Å². The van der Waals surface area contributed by atoms with Crippen LogP contribution < -0.4 is 15.0 Å². The van der Waals surface area contributed by atoms with E-state index in [1.807, 2.05) is 26.0 Å². The Bertz CT molecular complexity index is 644. The van der Waals surface area contributed by atoms with Crippen LogP contribution in [-0.4, -0.2) is 42.1 Å². The van der Waals surface area contributed by atoms with Crippen LogP contribution in [0.15, 0.2) is 18.2 Å². The normalized spacial score (nSPS) is 14.6. The van der Waals surface area contributed by atoms with Crippen molar-refractivity contribution in [3.63, 3.8) is 0 Å². The van der Waals surface area contributed by atoms with Crippen molar-refractivity contribution in [2.45, 2.75) is 39.2 Å². The smallest absolute Gasteiger partial charge is 0.326 e. The number of hydrogen-bond acceptors (Lipinski definition) is 4. The molecule has 0 saturated heterocycles. The third-order valence-electron chi connectivity index (χ3n) is 3.83. The molecule has 2 rings (SSSR count). The molecule has 2 N–H and O–H groups in total. The molecule has 0 spiro atoms. The summed E-state index contributed by atoms with van der Waals surface area (Å²) in [6.45, 7) is 3.88. The summed E-state index contributed by atoms with van der Waals surface area (Å²) in [5.74, 6) is -1.04. The molecule has 0 bridgehead atoms. The standard InChI is InChI=1S/C17H22N2O5/c1-3-4-12(17(22)23)18-15(20)7-8-19-13-9-11(2)5-6-14(13)24-10-16(19)21/h5-6,9,12H,3-4,7-8,10H2,1-2H3,(H,18,20)(H,22,23). The zero-order chi connectivity index (χ0) is 17.7. The van der Waals surface area contributed by atoms with Crippen LogP contribution in [0.2, 0.25) is 0 Å². The van der Waals surface area contributed by atoms with Gasteiger partial charge in [-0.2, -0.15) is 0 Å². The lowest BCUT2D eigenvalue weighted by atomic mass is 10.1. The first-order valence-corrected chi connectivity index (χ1v) is 7.98. The monoisotopic (exact) mass is 334 g/mol. The van der Waals surface area contributed by atoms with E-state index in [9.17, 15) is 14.4 Å². The number of amides is 2. The summed E-state index contributed by atoms with van der Waals surface area (Å²) in [6.07, 6.45) is 1.07. The van der Waals surface area contributed by atoms with E-state index in [-0.39, 0.29) is 31.4 Å². The largest absolute Gasteiger partial charge is 0.482 e. The minimum Gasteiger partial charge on any atom is -0.482 e. The van der Waals surface area contributed by atoms with E-state index >= 15 is 0 Å². The Morgan fingerprint density at radius 2 is 2.17 bits per heavy atom. The highest BCUT2D eigenvalue weighted by Gasteiger charge is 2.26. The van der Waals surface area contributed by atoms with Gasteiger partial charge in [0.25, 0.3) is 5.91 Å². The Kier molecular flexibility index (Phi) is 5.78. The minimum absolute atomic E-state index is 0.0343. The van der Waals surface area contributed by atoms with Crippen LogP contribution in [0.1, 0.15) is 31.7 Å². The zero-order valence-corrected chi connectivity index (χ0v) is 13.9. The molecule has 1 unspecified atom stereocenters. The van der Waals surface area contributed by atoms with Crippen LogP contribution in [0.3, 0.4) is 0 Å². The summed E-state index contributed by atoms with van der Waals surface area (Å²) >= 11 is 0. The molecule has 1 aliphatic heterocycles. The number of ether oxygens (including phenoxy) is 1. The van der Waals surface area contributed by atoms with E-state index in [4.69, 9.17) is 9.84 Å². The van der Waals surface area contributed by atoms with Gasteiger partial charge in [-0.05, 0) is 31.0 Å². The molecular formula is C17H22N2O5. The van der Waals surface area contributed by atoms with Gasteiger partial charge < -0.3 is 20.1 Å². The molecule has 1 aliphatic rings. The molecule has 7 nitrogen and oxygen atoms in total. The van der Waals surface area contributed by atoms with Gasteiger partial charge in [-0.1, -0.05) is 19.4 Å². The second-order valence-electron chi connectivity index (χ2n) is 5.80. The number of carbonyl (C=O) groups is 3. The third kappa shape index (κ3) is 4.24. The van der Waals surface area contributed by atoms with E-state index in [1.54, 1.807) is 6.07 Å². The quantitative estimate of drug-likeness (QED) is 0.787. The topological polar surface area (TPSA) is 95.9 Å². The molecule has 1 aromatic carbocycles. The Hall–Kier alpha value is -2.57. The van der Waals surface area contributed by atoms with Crippen molar-refractivity contribution in [3.05, 3.63) is 23.8 Å². The third-order valence-corrected chi connectivity index (χ3v) is 3.83. The summed E-state index contributed by atoms with van der Waals surface area (Å²) in [6, 6.07) is 4.63. The molecule has 2 amide bonds. The first kappa shape index (κ1) is 17.8. The predicted molar refractivity (Wildman–Crippen MR) is 88.1 cm³/mol. The Morgan fingerprint density at radius 3 is 2.83 bits per heavy atom. The molecule has 1 heterocycles. The van der Waals surface area contributed by atoms with E-state index < -0.39 is 12.0 Å². The van der Waals surface area contributed by atoms with Gasteiger partial charge in [0, 0.05) is 13.0 Å². The number of benzene rings is 1. The number of aryl methyl sites for hydroxylation is 1. The van der Waals surface area contributed by atoms with Crippen molar-refractivity contribution in [2.24, 2.45) is 0 Å². The SMILES string of the molecule is CCCC(NC(=O)CCN1C(=O)COc2ccc(C)cc21)C(=O)O. The Labute approximate surface area is 140 Å². The number of hydrogen-bond donors (Lipinski definition) is 2. The van der Waals surface area contributed by atoms with Gasteiger partial charge in [-0.15, -0.1) is 0 Å². The minimum atomic E-state index is -1.05. The fraction of sp³-hybridized carbons (Fsp3) is 0.471. The van der Waals surface area contributed by atoms with E-state index in [1.165, 1.54) is 4.90 Å². The molecule has 0 aliphatic carbocycles. The molecule has 1 atom stereocenters. The highest BCUT2D eigenvalue weighted by atomic mass is 16.5. The maximum atomic E-state index is 12.1. The van der Waals surface area contributed by atoms with Gasteiger partial charge in [0.15, 0.2) is 6.61 Å². The summed E-state index contributed by atoms with van der Waals surface area (Å²) < 4.78 is 5.39. The zero-order valence-electron chi connectivity index (χ0n) is 13.9. The number of carboxylic acids is 1. The number of anilines is 1. The number of aliphatic carboxylic acids is 1. The highest BCUT2D eigenvalue weighted by molar-refractivity contribution is 5.98. The maximum Gasteiger partial charge on any atom is 0.326 e. The molecule has 0 aromatic heterocycles. The van der Waals surface area contributed by atoms with Crippen molar-refractivity contribution in [3.8, 4) is 5.75 Å². The molecule has 0 radical (unpaired) electrons. The fourth-order valence-corrected chi connectivity index (χ4v) is 2.58. The Morgan fingerprint density at radius 1 is 1.42 bits per heavy atom. The maximum absolute atomic E-state index is 12.1. The summed E-state index contributed by atoms with van der Waals surface area (Å²) in [4.78, 5) is 36.7. The van der Waals surface area contributed by atoms with E-state index in [0.717, 1.165) is 5.56 Å². The summed E-state index contributed by atoms with van der Waals surface area (Å²) in [7, 11) is 0. The lowest BCUT2D eigenvalue weighted by Gasteiger charge is -2.29. The van der Waals surface area contributed by atoms with Gasteiger partial charge >= 0.3 is 5.97 Å². The lowest BCUT2D eigenvalue weighted by Crippen LogP contribution is -2.44. The van der Waals surface area contributed by atoms with Gasteiger partial charge in [-0.3, -0.25) is 9.59 Å². The van der Waals surface area contributed by atoms with Crippen molar-refractivity contribution < 1.29 is 24.2 Å². The van der Waals surface area contributed by atoms with Crippen molar-refractivity contribution >= 4 is 23.5 Å². The first-order chi connectivity index (χ1) is 11.4. The van der Waals surface area contributed by atoms with Crippen LogP contribution in [0.4, 0.5) is 5.69 Å². The van der Waals surface area contributed by atoms with Crippen LogP contribution in [0.25, 0.3) is 0 Å². The molecule has 0 fully saturated rings. The highest BCUT2D eigenvalue weighted by Crippen LogP contribution is 2.32. The van der Waals surface area contributed by atoms with Crippen molar-refractivity contribution in [1.82, 2.24) is 5.32 Å². The number of fused-ring (bicyclic) bond motifs is 1. The number of rotatable bonds is 7. The van der Waals surface area contributed by atoms with E-state index in [2.05, 4.69) is 5.32 Å². The molecule has 1 aromatic rings. The van der Waals surface area contributed by atoms with E-state index in [0.29, 0.717) is 24.3 Å². The van der Waals surface area contributed by atoms with Crippen molar-refractivity contribution in [1.29, 1.82) is 0 Å². The summed E-state index contributed by atoms with van der Waals surface area (Å²) in [5, 5.41) is 11.6. The molecule has 24 heavy (non-hydrogen) atoms. The Balaban J connectivity index is 2.01. The fourth-order valence-electron chi connectivity index (χ4n) is 2.58. The number of carboxylic acid groups (broad SMARTS) is 1. The van der Waals surface area contributed by atoms with Crippen molar-refractivity contribution in [2.75, 3.05) is 18.1 Å². The molecule has 130 valence electrons. The average molecular weight is 334 g/mol. The second kappa shape index (κ2) is 7.81. The average Bonchev–Trinajstić information content (AvgIpc) is 2.53. The van der Waals surface area contributed by atoms with Gasteiger partial charge in [0.05, 0.1) is 5.69 Å². The molecule has 0 saturated carbocycles. The van der Waals surface area contributed by atoms with Gasteiger partial charge in [0.2, 0.25) is 5.91 Å².